The molecule has 3 aromatic rings. The Morgan fingerprint density at radius 1 is 1.00 bits per heavy atom. The van der Waals surface area contributed by atoms with E-state index in [9.17, 15) is 4.79 Å². The minimum absolute atomic E-state index is 0.125. The van der Waals surface area contributed by atoms with Gasteiger partial charge in [-0.2, -0.15) is 0 Å². The summed E-state index contributed by atoms with van der Waals surface area (Å²) in [4.78, 5) is 19.6. The van der Waals surface area contributed by atoms with Gasteiger partial charge in [-0.25, -0.2) is 4.98 Å². The van der Waals surface area contributed by atoms with Crippen molar-refractivity contribution in [2.45, 2.75) is 25.7 Å². The first kappa shape index (κ1) is 21.2. The summed E-state index contributed by atoms with van der Waals surface area (Å²) in [5.74, 6) is 0.762. The van der Waals surface area contributed by atoms with Crippen molar-refractivity contribution in [2.24, 2.45) is 5.92 Å². The van der Waals surface area contributed by atoms with Crippen LogP contribution in [-0.2, 0) is 16.0 Å². The molecule has 2 aromatic carbocycles. The molecule has 0 radical (unpaired) electrons. The monoisotopic (exact) mass is 436 g/mol. The average molecular weight is 437 g/mol. The lowest BCUT2D eigenvalue weighted by molar-refractivity contribution is -0.145. The Hall–Kier alpha value is -3.66. The Morgan fingerprint density at radius 2 is 1.76 bits per heavy atom. The van der Waals surface area contributed by atoms with Gasteiger partial charge in [0.15, 0.2) is 0 Å². The fraction of sp³-hybridized carbons (Fsp3) is 0.241. The number of methoxy groups -OCH3 is 1. The number of ether oxygens (including phenoxy) is 1. The minimum Gasteiger partial charge on any atom is -0.469 e. The lowest BCUT2D eigenvalue weighted by Gasteiger charge is -2.33. The number of anilines is 1. The number of aromatic nitrogens is 1. The Kier molecular flexibility index (Phi) is 6.07. The summed E-state index contributed by atoms with van der Waals surface area (Å²) in [6.07, 6.45) is 7.37. The molecule has 0 saturated heterocycles. The van der Waals surface area contributed by atoms with Gasteiger partial charge in [-0.3, -0.25) is 4.79 Å². The van der Waals surface area contributed by atoms with Crippen molar-refractivity contribution >= 4 is 23.4 Å². The maximum absolute atomic E-state index is 12.5. The molecule has 0 fully saturated rings. The molecule has 5 rings (SSSR count). The number of esters is 1. The summed E-state index contributed by atoms with van der Waals surface area (Å²) in [5.41, 5.74) is 7.32. The van der Waals surface area contributed by atoms with E-state index in [4.69, 9.17) is 9.72 Å². The van der Waals surface area contributed by atoms with Crippen molar-refractivity contribution < 1.29 is 9.53 Å². The third-order valence-corrected chi connectivity index (χ3v) is 6.64. The maximum Gasteiger partial charge on any atom is 0.309 e. The van der Waals surface area contributed by atoms with Crippen molar-refractivity contribution in [3.63, 3.8) is 0 Å². The first-order valence-electron chi connectivity index (χ1n) is 11.6. The van der Waals surface area contributed by atoms with Crippen molar-refractivity contribution in [1.82, 2.24) is 4.98 Å². The quantitative estimate of drug-likeness (QED) is 0.368. The largest absolute Gasteiger partial charge is 0.469 e. The first-order valence-corrected chi connectivity index (χ1v) is 11.6. The van der Waals surface area contributed by atoms with Crippen LogP contribution in [0.2, 0.25) is 0 Å². The number of nitrogens with zero attached hydrogens (tertiary/aromatic N) is 2. The fourth-order valence-corrected chi connectivity index (χ4v) is 5.00. The molecule has 2 heterocycles. The van der Waals surface area contributed by atoms with Gasteiger partial charge in [0.25, 0.3) is 0 Å². The molecule has 2 aliphatic rings. The number of hydrogen-bond donors (Lipinski definition) is 0. The summed E-state index contributed by atoms with van der Waals surface area (Å²) in [6, 6.07) is 25.2. The molecular weight excluding hydrogens is 408 g/mol. The van der Waals surface area contributed by atoms with E-state index < -0.39 is 0 Å². The highest BCUT2D eigenvalue weighted by molar-refractivity contribution is 5.92. The van der Waals surface area contributed by atoms with Gasteiger partial charge in [-0.05, 0) is 59.2 Å². The van der Waals surface area contributed by atoms with Gasteiger partial charge in [-0.1, -0.05) is 66.7 Å². The number of rotatable bonds is 5. The van der Waals surface area contributed by atoms with Crippen molar-refractivity contribution in [3.8, 4) is 0 Å². The third kappa shape index (κ3) is 4.34. The van der Waals surface area contributed by atoms with Gasteiger partial charge in [0.05, 0.1) is 13.0 Å². The number of benzene rings is 2. The Labute approximate surface area is 195 Å². The lowest BCUT2D eigenvalue weighted by Crippen LogP contribution is -2.30. The summed E-state index contributed by atoms with van der Waals surface area (Å²) in [5, 5.41) is 0. The van der Waals surface area contributed by atoms with Crippen molar-refractivity contribution in [3.05, 3.63) is 107 Å². The van der Waals surface area contributed by atoms with Gasteiger partial charge in [0.1, 0.15) is 5.82 Å². The number of fused-ring (bicyclic) bond motifs is 1. The number of carbonyl (C=O) groups is 1. The van der Waals surface area contributed by atoms with E-state index in [2.05, 4.69) is 65.6 Å². The van der Waals surface area contributed by atoms with E-state index in [1.165, 1.54) is 40.6 Å². The molecule has 1 aliphatic carbocycles. The van der Waals surface area contributed by atoms with Gasteiger partial charge in [-0.15, -0.1) is 0 Å². The number of allylic oxidation sites excluding steroid dienone is 3. The van der Waals surface area contributed by atoms with Gasteiger partial charge in [0, 0.05) is 24.9 Å². The molecule has 1 aliphatic heterocycles. The molecule has 166 valence electrons. The maximum atomic E-state index is 12.5. The topological polar surface area (TPSA) is 42.4 Å². The van der Waals surface area contributed by atoms with Crippen LogP contribution in [0, 0.1) is 5.92 Å². The number of carbonyl (C=O) groups excluding carboxylic acids is 1. The molecule has 1 atom stereocenters. The molecule has 4 heteroatoms. The van der Waals surface area contributed by atoms with Crippen LogP contribution in [0.5, 0.6) is 0 Å². The second-order valence-electron chi connectivity index (χ2n) is 8.61. The highest BCUT2D eigenvalue weighted by Gasteiger charge is 2.34. The zero-order valence-electron chi connectivity index (χ0n) is 18.9. The molecule has 1 unspecified atom stereocenters. The van der Waals surface area contributed by atoms with Crippen LogP contribution >= 0.6 is 0 Å². The average Bonchev–Trinajstić information content (AvgIpc) is 3.32. The number of hydrogen-bond acceptors (Lipinski definition) is 4. The van der Waals surface area contributed by atoms with E-state index in [1.807, 2.05) is 24.4 Å². The van der Waals surface area contributed by atoms with Gasteiger partial charge < -0.3 is 9.64 Å². The second kappa shape index (κ2) is 9.45. The third-order valence-electron chi connectivity index (χ3n) is 6.64. The van der Waals surface area contributed by atoms with E-state index in [0.29, 0.717) is 6.42 Å². The lowest BCUT2D eigenvalue weighted by atomic mass is 9.81. The van der Waals surface area contributed by atoms with E-state index in [1.54, 1.807) is 0 Å². The Balaban J connectivity index is 1.67. The molecule has 0 bridgehead atoms. The van der Waals surface area contributed by atoms with Crippen LogP contribution in [0.1, 0.15) is 36.0 Å². The normalized spacial score (nSPS) is 18.3. The fourth-order valence-electron chi connectivity index (χ4n) is 5.00. The molecular formula is C29H28N2O2. The van der Waals surface area contributed by atoms with Crippen LogP contribution in [-0.4, -0.2) is 24.6 Å². The second-order valence-corrected chi connectivity index (χ2v) is 8.61. The molecule has 4 nitrogen and oxygen atoms in total. The summed E-state index contributed by atoms with van der Waals surface area (Å²) < 4.78 is 5.14. The predicted octanol–water partition coefficient (Wildman–Crippen LogP) is 5.91. The van der Waals surface area contributed by atoms with Crippen LogP contribution in [0.3, 0.4) is 0 Å². The highest BCUT2D eigenvalue weighted by Crippen LogP contribution is 2.43. The highest BCUT2D eigenvalue weighted by atomic mass is 16.5. The summed E-state index contributed by atoms with van der Waals surface area (Å²) in [7, 11) is 1.48. The Bertz CT molecular complexity index is 1200. The van der Waals surface area contributed by atoms with E-state index in [0.717, 1.165) is 31.6 Å². The smallest absolute Gasteiger partial charge is 0.309 e. The molecule has 1 aromatic heterocycles. The standard InChI is InChI=1S/C29H28N2O2/c1-33-29(32)24-14-15-25(27(20-24)31-18-16-23-13-8-17-30-28(23)31)26(22-11-6-3-7-12-22)19-21-9-4-2-5-10-21/h2-13,17,19,24H,14-16,18,20H2,1H3/b26-19+. The van der Waals surface area contributed by atoms with Crippen LogP contribution in [0.4, 0.5) is 5.82 Å². The molecule has 0 amide bonds. The predicted molar refractivity (Wildman–Crippen MR) is 132 cm³/mol. The zero-order chi connectivity index (χ0) is 22.6. The van der Waals surface area contributed by atoms with Crippen molar-refractivity contribution in [2.75, 3.05) is 18.6 Å². The zero-order valence-corrected chi connectivity index (χ0v) is 18.9. The van der Waals surface area contributed by atoms with Gasteiger partial charge in [0.2, 0.25) is 0 Å². The van der Waals surface area contributed by atoms with Crippen LogP contribution in [0.25, 0.3) is 11.6 Å². The number of pyridine rings is 1. The summed E-state index contributed by atoms with van der Waals surface area (Å²) in [6.45, 7) is 0.881. The SMILES string of the molecule is COC(=O)C1CCC(/C(=C/c2ccccc2)c2ccccc2)=C(N2CCc3cccnc32)C1. The first-order chi connectivity index (χ1) is 16.2. The van der Waals surface area contributed by atoms with Crippen molar-refractivity contribution in [1.29, 1.82) is 0 Å². The molecule has 0 saturated carbocycles. The minimum atomic E-state index is -0.129. The Morgan fingerprint density at radius 3 is 2.52 bits per heavy atom. The molecule has 0 N–H and O–H groups in total. The van der Waals surface area contributed by atoms with Gasteiger partial charge >= 0.3 is 5.97 Å². The molecule has 0 spiro atoms. The van der Waals surface area contributed by atoms with E-state index >= 15 is 0 Å². The van der Waals surface area contributed by atoms with Crippen LogP contribution < -0.4 is 4.90 Å². The van der Waals surface area contributed by atoms with E-state index in [-0.39, 0.29) is 11.9 Å². The van der Waals surface area contributed by atoms with Crippen LogP contribution in [0.15, 0.2) is 90.3 Å². The molecule has 33 heavy (non-hydrogen) atoms. The summed E-state index contributed by atoms with van der Waals surface area (Å²) >= 11 is 0.